The van der Waals surface area contributed by atoms with Crippen LogP contribution in [0.15, 0.2) is 78.9 Å². The standard InChI is InChI=1S/C27H28N2O3/c30-27(28-16-21-11-14-25-26(15-21)32-19-31-25)23-12-13-24(22-9-5-2-6-10-22)29(18-23)17-20-7-3-1-4-8-20/h1-11,14-15,23-24H,12-13,16-19H2,(H,28,30). The summed E-state index contributed by atoms with van der Waals surface area (Å²) in [5.41, 5.74) is 3.61. The van der Waals surface area contributed by atoms with E-state index in [1.165, 1.54) is 11.1 Å². The number of fused-ring (bicyclic) bond motifs is 1. The van der Waals surface area contributed by atoms with Crippen molar-refractivity contribution in [3.05, 3.63) is 95.6 Å². The predicted molar refractivity (Wildman–Crippen MR) is 123 cm³/mol. The summed E-state index contributed by atoms with van der Waals surface area (Å²) >= 11 is 0. The van der Waals surface area contributed by atoms with Crippen molar-refractivity contribution in [3.8, 4) is 11.5 Å². The van der Waals surface area contributed by atoms with Crippen LogP contribution < -0.4 is 14.8 Å². The van der Waals surface area contributed by atoms with Crippen LogP contribution in [0.1, 0.15) is 35.6 Å². The van der Waals surface area contributed by atoms with Crippen molar-refractivity contribution in [2.45, 2.75) is 32.0 Å². The molecule has 3 aromatic carbocycles. The van der Waals surface area contributed by atoms with Crippen LogP contribution in [0.5, 0.6) is 11.5 Å². The number of ether oxygens (including phenoxy) is 2. The molecule has 1 fully saturated rings. The molecule has 1 N–H and O–H groups in total. The van der Waals surface area contributed by atoms with E-state index in [1.807, 2.05) is 24.3 Å². The SMILES string of the molecule is O=C(NCc1ccc2c(c1)OCO2)C1CCC(c2ccccc2)N(Cc2ccccc2)C1. The summed E-state index contributed by atoms with van der Waals surface area (Å²) in [7, 11) is 0. The van der Waals surface area contributed by atoms with Gasteiger partial charge in [0, 0.05) is 25.7 Å². The van der Waals surface area contributed by atoms with E-state index in [0.717, 1.165) is 43.0 Å². The molecule has 2 heterocycles. The number of hydrogen-bond donors (Lipinski definition) is 1. The van der Waals surface area contributed by atoms with Crippen molar-refractivity contribution >= 4 is 5.91 Å². The summed E-state index contributed by atoms with van der Waals surface area (Å²) in [6.45, 7) is 2.34. The van der Waals surface area contributed by atoms with Crippen LogP contribution in [0.2, 0.25) is 0 Å². The van der Waals surface area contributed by atoms with Gasteiger partial charge in [-0.2, -0.15) is 0 Å². The van der Waals surface area contributed by atoms with Gasteiger partial charge in [0.05, 0.1) is 5.92 Å². The molecule has 0 aromatic heterocycles. The Bertz CT molecular complexity index is 1060. The minimum Gasteiger partial charge on any atom is -0.454 e. The van der Waals surface area contributed by atoms with Crippen LogP contribution in [-0.4, -0.2) is 24.1 Å². The Morgan fingerprint density at radius 1 is 0.875 bits per heavy atom. The van der Waals surface area contributed by atoms with Crippen LogP contribution in [0, 0.1) is 5.92 Å². The molecule has 32 heavy (non-hydrogen) atoms. The Balaban J connectivity index is 1.26. The predicted octanol–water partition coefficient (Wildman–Crippen LogP) is 4.69. The average molecular weight is 429 g/mol. The molecule has 2 atom stereocenters. The molecule has 2 aliphatic heterocycles. The molecule has 2 unspecified atom stereocenters. The van der Waals surface area contributed by atoms with Crippen molar-refractivity contribution in [2.75, 3.05) is 13.3 Å². The quantitative estimate of drug-likeness (QED) is 0.619. The molecule has 0 bridgehead atoms. The average Bonchev–Trinajstić information content (AvgIpc) is 3.32. The first-order chi connectivity index (χ1) is 15.8. The highest BCUT2D eigenvalue weighted by Crippen LogP contribution is 2.35. The minimum absolute atomic E-state index is 0.0207. The number of piperidine rings is 1. The van der Waals surface area contributed by atoms with E-state index in [4.69, 9.17) is 9.47 Å². The van der Waals surface area contributed by atoms with Crippen LogP contribution in [0.4, 0.5) is 0 Å². The fraction of sp³-hybridized carbons (Fsp3) is 0.296. The summed E-state index contributed by atoms with van der Waals surface area (Å²) in [6, 6.07) is 27.3. The summed E-state index contributed by atoms with van der Waals surface area (Å²) in [5, 5.41) is 3.14. The van der Waals surface area contributed by atoms with Gasteiger partial charge >= 0.3 is 0 Å². The number of rotatable bonds is 6. The second-order valence-electron chi connectivity index (χ2n) is 8.52. The number of benzene rings is 3. The number of nitrogens with zero attached hydrogens (tertiary/aromatic N) is 1. The number of amides is 1. The van der Waals surface area contributed by atoms with E-state index in [9.17, 15) is 4.79 Å². The minimum atomic E-state index is -0.0207. The third-order valence-electron chi connectivity index (χ3n) is 6.37. The third-order valence-corrected chi connectivity index (χ3v) is 6.37. The highest BCUT2D eigenvalue weighted by molar-refractivity contribution is 5.79. The lowest BCUT2D eigenvalue weighted by molar-refractivity contribution is -0.127. The smallest absolute Gasteiger partial charge is 0.231 e. The molecule has 0 radical (unpaired) electrons. The van der Waals surface area contributed by atoms with Crippen LogP contribution in [-0.2, 0) is 17.9 Å². The zero-order valence-electron chi connectivity index (χ0n) is 18.1. The molecule has 0 spiro atoms. The van der Waals surface area contributed by atoms with Gasteiger partial charge in [-0.25, -0.2) is 0 Å². The third kappa shape index (κ3) is 4.63. The molecule has 0 saturated carbocycles. The molecule has 5 heteroatoms. The van der Waals surface area contributed by atoms with Gasteiger partial charge in [-0.05, 0) is 41.7 Å². The lowest BCUT2D eigenvalue weighted by Gasteiger charge is -2.39. The van der Waals surface area contributed by atoms with Gasteiger partial charge in [-0.3, -0.25) is 9.69 Å². The molecule has 2 aliphatic rings. The van der Waals surface area contributed by atoms with Crippen molar-refractivity contribution in [2.24, 2.45) is 5.92 Å². The van der Waals surface area contributed by atoms with Crippen molar-refractivity contribution in [3.63, 3.8) is 0 Å². The molecule has 5 rings (SSSR count). The van der Waals surface area contributed by atoms with Crippen LogP contribution in [0.25, 0.3) is 0 Å². The van der Waals surface area contributed by atoms with Gasteiger partial charge in [0.15, 0.2) is 11.5 Å². The number of hydrogen-bond acceptors (Lipinski definition) is 4. The van der Waals surface area contributed by atoms with Crippen LogP contribution >= 0.6 is 0 Å². The lowest BCUT2D eigenvalue weighted by Crippen LogP contribution is -2.44. The van der Waals surface area contributed by atoms with Crippen molar-refractivity contribution in [1.82, 2.24) is 10.2 Å². The first-order valence-electron chi connectivity index (χ1n) is 11.3. The van der Waals surface area contributed by atoms with Gasteiger partial charge in [0.25, 0.3) is 0 Å². The molecule has 3 aromatic rings. The zero-order valence-corrected chi connectivity index (χ0v) is 18.1. The summed E-state index contributed by atoms with van der Waals surface area (Å²) in [6.07, 6.45) is 1.86. The van der Waals surface area contributed by atoms with E-state index >= 15 is 0 Å². The Kier molecular flexibility index (Phi) is 6.08. The topological polar surface area (TPSA) is 50.8 Å². The van der Waals surface area contributed by atoms with E-state index < -0.39 is 0 Å². The van der Waals surface area contributed by atoms with Gasteiger partial charge in [-0.1, -0.05) is 66.7 Å². The second-order valence-corrected chi connectivity index (χ2v) is 8.52. The molecular weight excluding hydrogens is 400 g/mol. The maximum Gasteiger partial charge on any atom is 0.231 e. The maximum atomic E-state index is 13.1. The van der Waals surface area contributed by atoms with Gasteiger partial charge in [-0.15, -0.1) is 0 Å². The summed E-state index contributed by atoms with van der Waals surface area (Å²) in [4.78, 5) is 15.5. The molecule has 164 valence electrons. The highest BCUT2D eigenvalue weighted by Gasteiger charge is 2.32. The van der Waals surface area contributed by atoms with Crippen molar-refractivity contribution in [1.29, 1.82) is 0 Å². The lowest BCUT2D eigenvalue weighted by atomic mass is 9.88. The number of nitrogens with one attached hydrogen (secondary N) is 1. The van der Waals surface area contributed by atoms with E-state index in [0.29, 0.717) is 12.6 Å². The van der Waals surface area contributed by atoms with Gasteiger partial charge < -0.3 is 14.8 Å². The highest BCUT2D eigenvalue weighted by atomic mass is 16.7. The Morgan fingerprint density at radius 3 is 2.44 bits per heavy atom. The molecule has 1 saturated heterocycles. The molecule has 1 amide bonds. The Hall–Kier alpha value is -3.31. The largest absolute Gasteiger partial charge is 0.454 e. The number of likely N-dealkylation sites (tertiary alicyclic amines) is 1. The number of carbonyl (C=O) groups excluding carboxylic acids is 1. The molecule has 0 aliphatic carbocycles. The maximum absolute atomic E-state index is 13.1. The second kappa shape index (κ2) is 9.45. The van der Waals surface area contributed by atoms with E-state index in [1.54, 1.807) is 0 Å². The van der Waals surface area contributed by atoms with Crippen molar-refractivity contribution < 1.29 is 14.3 Å². The summed E-state index contributed by atoms with van der Waals surface area (Å²) in [5.74, 6) is 1.60. The van der Waals surface area contributed by atoms with E-state index in [-0.39, 0.29) is 18.6 Å². The van der Waals surface area contributed by atoms with Gasteiger partial charge in [0.2, 0.25) is 12.7 Å². The van der Waals surface area contributed by atoms with Gasteiger partial charge in [0.1, 0.15) is 0 Å². The summed E-state index contributed by atoms with van der Waals surface area (Å²) < 4.78 is 10.8. The fourth-order valence-corrected chi connectivity index (χ4v) is 4.69. The monoisotopic (exact) mass is 428 g/mol. The normalized spacial score (nSPS) is 20.1. The molecule has 5 nitrogen and oxygen atoms in total. The zero-order chi connectivity index (χ0) is 21.8. The Labute approximate surface area is 189 Å². The first-order valence-corrected chi connectivity index (χ1v) is 11.3. The first kappa shape index (κ1) is 20.6. The number of carbonyl (C=O) groups is 1. The Morgan fingerprint density at radius 2 is 1.62 bits per heavy atom. The molecular formula is C27H28N2O3. The van der Waals surface area contributed by atoms with Crippen LogP contribution in [0.3, 0.4) is 0 Å². The van der Waals surface area contributed by atoms with E-state index in [2.05, 4.69) is 64.8 Å². The fourth-order valence-electron chi connectivity index (χ4n) is 4.69.